The molecule has 12 heavy (non-hydrogen) atoms. The van der Waals surface area contributed by atoms with E-state index in [-0.39, 0.29) is 12.4 Å². The van der Waals surface area contributed by atoms with Crippen LogP contribution in [0, 0.1) is 0 Å². The Morgan fingerprint density at radius 3 is 2.67 bits per heavy atom. The van der Waals surface area contributed by atoms with Gasteiger partial charge in [0, 0.05) is 16.2 Å². The summed E-state index contributed by atoms with van der Waals surface area (Å²) in [6.45, 7) is 0. The summed E-state index contributed by atoms with van der Waals surface area (Å²) >= 11 is 3.43. The molecule has 0 aromatic heterocycles. The predicted octanol–water partition coefficient (Wildman–Crippen LogP) is 3.45. The Morgan fingerprint density at radius 1 is 1.33 bits per heavy atom. The molecule has 3 heteroatoms. The van der Waals surface area contributed by atoms with E-state index in [1.807, 2.05) is 6.07 Å². The second kappa shape index (κ2) is 4.15. The van der Waals surface area contributed by atoms with E-state index in [0.29, 0.717) is 0 Å². The molecule has 0 aliphatic heterocycles. The number of benzene rings is 1. The van der Waals surface area contributed by atoms with Gasteiger partial charge in [-0.05, 0) is 31.0 Å². The molecule has 0 radical (unpaired) electrons. The fourth-order valence-electron chi connectivity index (χ4n) is 1.04. The minimum absolute atomic E-state index is 0. The highest BCUT2D eigenvalue weighted by atomic mass is 79.9. The fourth-order valence-corrected chi connectivity index (χ4v) is 1.44. The molecule has 0 atom stereocenters. The standard InChI is InChI=1S/C9H10BrN.ClH/c10-7-2-1-3-9(6-7)11-8-4-5-8;/h1-3,6,8,11H,4-5H2;1H. The van der Waals surface area contributed by atoms with Crippen LogP contribution in [-0.4, -0.2) is 6.04 Å². The minimum atomic E-state index is 0. The van der Waals surface area contributed by atoms with Crippen LogP contribution in [0.15, 0.2) is 28.7 Å². The smallest absolute Gasteiger partial charge is 0.0353 e. The van der Waals surface area contributed by atoms with Crippen molar-refractivity contribution in [3.63, 3.8) is 0 Å². The molecule has 0 heterocycles. The molecule has 1 nitrogen and oxygen atoms in total. The molecule has 1 fully saturated rings. The Hall–Kier alpha value is -0.210. The molecule has 1 saturated carbocycles. The number of nitrogens with one attached hydrogen (secondary N) is 1. The van der Waals surface area contributed by atoms with Crippen molar-refractivity contribution in [2.45, 2.75) is 18.9 Å². The van der Waals surface area contributed by atoms with Gasteiger partial charge >= 0.3 is 0 Å². The van der Waals surface area contributed by atoms with Crippen molar-refractivity contribution in [3.05, 3.63) is 28.7 Å². The van der Waals surface area contributed by atoms with Gasteiger partial charge in [0.05, 0.1) is 0 Å². The molecule has 1 N–H and O–H groups in total. The molecule has 1 aliphatic rings. The second-order valence-corrected chi connectivity index (χ2v) is 3.84. The van der Waals surface area contributed by atoms with Crippen molar-refractivity contribution in [2.75, 3.05) is 5.32 Å². The van der Waals surface area contributed by atoms with E-state index in [0.717, 1.165) is 10.5 Å². The molecular weight excluding hydrogens is 237 g/mol. The van der Waals surface area contributed by atoms with E-state index in [1.54, 1.807) is 0 Å². The van der Waals surface area contributed by atoms with Crippen molar-refractivity contribution < 1.29 is 0 Å². The topological polar surface area (TPSA) is 12.0 Å². The number of hydrogen-bond acceptors (Lipinski definition) is 1. The SMILES string of the molecule is Brc1cccc(NC2CC2)c1.Cl. The third-order valence-corrected chi connectivity index (χ3v) is 2.27. The molecule has 0 spiro atoms. The molecule has 1 aromatic rings. The van der Waals surface area contributed by atoms with Gasteiger partial charge in [0.1, 0.15) is 0 Å². The molecule has 0 bridgehead atoms. The van der Waals surface area contributed by atoms with Crippen LogP contribution in [-0.2, 0) is 0 Å². The maximum Gasteiger partial charge on any atom is 0.0353 e. The summed E-state index contributed by atoms with van der Waals surface area (Å²) in [5.41, 5.74) is 1.22. The third-order valence-electron chi connectivity index (χ3n) is 1.77. The van der Waals surface area contributed by atoms with E-state index in [2.05, 4.69) is 39.4 Å². The lowest BCUT2D eigenvalue weighted by Gasteiger charge is -2.03. The van der Waals surface area contributed by atoms with Crippen LogP contribution >= 0.6 is 28.3 Å². The summed E-state index contributed by atoms with van der Waals surface area (Å²) in [5, 5.41) is 3.43. The predicted molar refractivity (Wildman–Crippen MR) is 58.0 cm³/mol. The van der Waals surface area contributed by atoms with Gasteiger partial charge in [0.25, 0.3) is 0 Å². The van der Waals surface area contributed by atoms with Crippen molar-refractivity contribution in [1.29, 1.82) is 0 Å². The van der Waals surface area contributed by atoms with Gasteiger partial charge in [-0.25, -0.2) is 0 Å². The molecule has 66 valence electrons. The molecule has 1 aliphatic carbocycles. The maximum absolute atomic E-state index is 3.43. The number of rotatable bonds is 2. The highest BCUT2D eigenvalue weighted by Crippen LogP contribution is 2.25. The molecule has 0 unspecified atom stereocenters. The van der Waals surface area contributed by atoms with Crippen LogP contribution < -0.4 is 5.32 Å². The minimum Gasteiger partial charge on any atom is -0.382 e. The van der Waals surface area contributed by atoms with E-state index in [4.69, 9.17) is 0 Å². The summed E-state index contributed by atoms with van der Waals surface area (Å²) in [5.74, 6) is 0. The summed E-state index contributed by atoms with van der Waals surface area (Å²) in [7, 11) is 0. The molecule has 0 amide bonds. The quantitative estimate of drug-likeness (QED) is 0.845. The Morgan fingerprint density at radius 2 is 2.08 bits per heavy atom. The van der Waals surface area contributed by atoms with Gasteiger partial charge in [-0.3, -0.25) is 0 Å². The van der Waals surface area contributed by atoms with Gasteiger partial charge < -0.3 is 5.32 Å². The lowest BCUT2D eigenvalue weighted by molar-refractivity contribution is 1.16. The van der Waals surface area contributed by atoms with Crippen LogP contribution in [0.4, 0.5) is 5.69 Å². The first-order valence-electron chi connectivity index (χ1n) is 3.87. The first-order valence-corrected chi connectivity index (χ1v) is 4.66. The maximum atomic E-state index is 3.43. The lowest BCUT2D eigenvalue weighted by Crippen LogP contribution is -1.99. The number of hydrogen-bond donors (Lipinski definition) is 1. The summed E-state index contributed by atoms with van der Waals surface area (Å²) < 4.78 is 1.14. The first-order chi connectivity index (χ1) is 5.34. The molecule has 0 saturated heterocycles. The van der Waals surface area contributed by atoms with Gasteiger partial charge in [-0.15, -0.1) is 12.4 Å². The summed E-state index contributed by atoms with van der Waals surface area (Å²) in [6.07, 6.45) is 2.65. The van der Waals surface area contributed by atoms with Crippen LogP contribution in [0.1, 0.15) is 12.8 Å². The average molecular weight is 249 g/mol. The van der Waals surface area contributed by atoms with Crippen molar-refractivity contribution in [2.24, 2.45) is 0 Å². The normalized spacial score (nSPS) is 15.1. The van der Waals surface area contributed by atoms with E-state index >= 15 is 0 Å². The van der Waals surface area contributed by atoms with Crippen LogP contribution in [0.2, 0.25) is 0 Å². The highest BCUT2D eigenvalue weighted by molar-refractivity contribution is 9.10. The molecular formula is C9H11BrClN. The average Bonchev–Trinajstić information content (AvgIpc) is 2.71. The van der Waals surface area contributed by atoms with Crippen molar-refractivity contribution in [1.82, 2.24) is 0 Å². The zero-order valence-electron chi connectivity index (χ0n) is 6.59. The number of anilines is 1. The van der Waals surface area contributed by atoms with E-state index in [1.165, 1.54) is 18.5 Å². The Kier molecular flexibility index (Phi) is 3.41. The van der Waals surface area contributed by atoms with E-state index in [9.17, 15) is 0 Å². The summed E-state index contributed by atoms with van der Waals surface area (Å²) in [4.78, 5) is 0. The Labute approximate surface area is 87.1 Å². The van der Waals surface area contributed by atoms with Gasteiger partial charge in [-0.1, -0.05) is 22.0 Å². The fraction of sp³-hybridized carbons (Fsp3) is 0.333. The summed E-state index contributed by atoms with van der Waals surface area (Å²) in [6, 6.07) is 9.04. The zero-order chi connectivity index (χ0) is 7.68. The van der Waals surface area contributed by atoms with Gasteiger partial charge in [0.15, 0.2) is 0 Å². The highest BCUT2D eigenvalue weighted by Gasteiger charge is 2.20. The third kappa shape index (κ3) is 2.68. The van der Waals surface area contributed by atoms with Gasteiger partial charge in [0.2, 0.25) is 0 Å². The van der Waals surface area contributed by atoms with Crippen LogP contribution in [0.25, 0.3) is 0 Å². The van der Waals surface area contributed by atoms with Gasteiger partial charge in [-0.2, -0.15) is 0 Å². The Balaban J connectivity index is 0.000000720. The largest absolute Gasteiger partial charge is 0.382 e. The Bertz CT molecular complexity index is 260. The second-order valence-electron chi connectivity index (χ2n) is 2.93. The molecule has 1 aromatic carbocycles. The lowest BCUT2D eigenvalue weighted by atomic mass is 10.3. The van der Waals surface area contributed by atoms with Crippen LogP contribution in [0.3, 0.4) is 0 Å². The van der Waals surface area contributed by atoms with E-state index < -0.39 is 0 Å². The van der Waals surface area contributed by atoms with Crippen molar-refractivity contribution in [3.8, 4) is 0 Å². The van der Waals surface area contributed by atoms with Crippen molar-refractivity contribution >= 4 is 34.0 Å². The number of halogens is 2. The van der Waals surface area contributed by atoms with Crippen LogP contribution in [0.5, 0.6) is 0 Å². The molecule has 2 rings (SSSR count). The first kappa shape index (κ1) is 9.87. The monoisotopic (exact) mass is 247 g/mol. The zero-order valence-corrected chi connectivity index (χ0v) is 8.99.